The molecular weight excluding hydrogens is 599 g/mol. The lowest BCUT2D eigenvalue weighted by Crippen LogP contribution is -2.55. The van der Waals surface area contributed by atoms with Crippen molar-refractivity contribution in [1.29, 1.82) is 0 Å². The van der Waals surface area contributed by atoms with Crippen molar-refractivity contribution in [3.8, 4) is 17.1 Å². The Morgan fingerprint density at radius 2 is 1.72 bits per heavy atom. The molecule has 2 amide bonds. The first-order valence-corrected chi connectivity index (χ1v) is 15.1. The first kappa shape index (κ1) is 30.6. The second-order valence-electron chi connectivity index (χ2n) is 10.2. The minimum absolute atomic E-state index is 0.0129. The Labute approximate surface area is 256 Å². The van der Waals surface area contributed by atoms with Crippen LogP contribution in [-0.4, -0.2) is 67.8 Å². The maximum Gasteiger partial charge on any atom is 0.416 e. The summed E-state index contributed by atoms with van der Waals surface area (Å²) in [7, 11) is 0. The van der Waals surface area contributed by atoms with E-state index < -0.39 is 17.6 Å². The third-order valence-corrected chi connectivity index (χ3v) is 8.46. The van der Waals surface area contributed by atoms with Crippen LogP contribution in [0.3, 0.4) is 0 Å². The van der Waals surface area contributed by atoms with Gasteiger partial charge in [-0.3, -0.25) is 14.2 Å². The van der Waals surface area contributed by atoms with Crippen molar-refractivity contribution < 1.29 is 22.8 Å². The maximum atomic E-state index is 13.1. The van der Waals surface area contributed by atoms with Crippen LogP contribution < -0.4 is 0 Å². The van der Waals surface area contributed by atoms with Crippen LogP contribution in [0.2, 0.25) is 5.02 Å². The fourth-order valence-corrected chi connectivity index (χ4v) is 6.00. The smallest absolute Gasteiger partial charge is 0.339 e. The maximum absolute atomic E-state index is 13.1. The fraction of sp³-hybridized carbons (Fsp3) is 0.290. The lowest BCUT2D eigenvalue weighted by Gasteiger charge is -2.40. The molecule has 0 spiro atoms. The Morgan fingerprint density at radius 3 is 2.42 bits per heavy atom. The molecule has 1 unspecified atom stereocenters. The summed E-state index contributed by atoms with van der Waals surface area (Å²) >= 11 is 7.58. The quantitative estimate of drug-likeness (QED) is 0.158. The standard InChI is InChI=1S/C31H29ClF3N5O2S/c1-21-20-38(16-17-39(21)29(42)23-7-5-8-24(19-23)31(33,34)35)27(41)11-6-18-43-30-37-36-28(22-12-14-25(32)15-13-22)40(30)26-9-3-2-4-10-26/h2-5,7-10,12-15,19,21H,6,11,16-18,20H2,1H3. The number of hydrogen-bond donors (Lipinski definition) is 0. The van der Waals surface area contributed by atoms with Crippen LogP contribution in [0.1, 0.15) is 35.7 Å². The predicted octanol–water partition coefficient (Wildman–Crippen LogP) is 6.85. The van der Waals surface area contributed by atoms with Gasteiger partial charge in [0.2, 0.25) is 5.91 Å². The average Bonchev–Trinajstić information content (AvgIpc) is 3.43. The van der Waals surface area contributed by atoms with Crippen LogP contribution in [0.5, 0.6) is 0 Å². The van der Waals surface area contributed by atoms with Gasteiger partial charge >= 0.3 is 6.18 Å². The van der Waals surface area contributed by atoms with Gasteiger partial charge in [0.15, 0.2) is 11.0 Å². The molecule has 7 nitrogen and oxygen atoms in total. The molecule has 224 valence electrons. The summed E-state index contributed by atoms with van der Waals surface area (Å²) in [6.07, 6.45) is -3.59. The van der Waals surface area contributed by atoms with Gasteiger partial charge in [-0.2, -0.15) is 13.2 Å². The summed E-state index contributed by atoms with van der Waals surface area (Å²) in [5.74, 6) is 0.835. The molecule has 0 saturated carbocycles. The van der Waals surface area contributed by atoms with E-state index >= 15 is 0 Å². The Balaban J connectivity index is 1.16. The minimum Gasteiger partial charge on any atom is -0.339 e. The van der Waals surface area contributed by atoms with Crippen molar-refractivity contribution in [2.24, 2.45) is 0 Å². The van der Waals surface area contributed by atoms with E-state index in [1.807, 2.05) is 47.0 Å². The van der Waals surface area contributed by atoms with Gasteiger partial charge in [-0.25, -0.2) is 0 Å². The molecule has 4 aromatic rings. The van der Waals surface area contributed by atoms with Crippen molar-refractivity contribution in [3.63, 3.8) is 0 Å². The van der Waals surface area contributed by atoms with Crippen molar-refractivity contribution in [2.75, 3.05) is 25.4 Å². The number of rotatable bonds is 8. The molecule has 1 aliphatic rings. The molecule has 3 aromatic carbocycles. The van der Waals surface area contributed by atoms with E-state index in [2.05, 4.69) is 10.2 Å². The number of para-hydroxylation sites is 1. The molecule has 0 radical (unpaired) electrons. The molecule has 1 aliphatic heterocycles. The van der Waals surface area contributed by atoms with Crippen molar-refractivity contribution >= 4 is 35.2 Å². The first-order chi connectivity index (χ1) is 20.6. The zero-order chi connectivity index (χ0) is 30.6. The molecule has 1 fully saturated rings. The van der Waals surface area contributed by atoms with Gasteiger partial charge in [0, 0.05) is 59.7 Å². The summed E-state index contributed by atoms with van der Waals surface area (Å²) in [4.78, 5) is 29.2. The van der Waals surface area contributed by atoms with E-state index in [9.17, 15) is 22.8 Å². The molecule has 0 N–H and O–H groups in total. The number of hydrogen-bond acceptors (Lipinski definition) is 5. The van der Waals surface area contributed by atoms with Crippen molar-refractivity contribution in [2.45, 2.75) is 37.1 Å². The van der Waals surface area contributed by atoms with Crippen molar-refractivity contribution in [3.05, 3.63) is 95.0 Å². The predicted molar refractivity (Wildman–Crippen MR) is 160 cm³/mol. The van der Waals surface area contributed by atoms with E-state index in [0.29, 0.717) is 47.7 Å². The second-order valence-corrected chi connectivity index (χ2v) is 11.7. The number of thioether (sulfide) groups is 1. The number of alkyl halides is 3. The number of amides is 2. The zero-order valence-corrected chi connectivity index (χ0v) is 24.9. The lowest BCUT2D eigenvalue weighted by molar-refractivity contribution is -0.137. The normalized spacial score (nSPS) is 15.5. The molecule has 2 heterocycles. The van der Waals surface area contributed by atoms with Gasteiger partial charge < -0.3 is 9.80 Å². The highest BCUT2D eigenvalue weighted by atomic mass is 35.5. The summed E-state index contributed by atoms with van der Waals surface area (Å²) in [5.41, 5.74) is 0.923. The first-order valence-electron chi connectivity index (χ1n) is 13.8. The van der Waals surface area contributed by atoms with Gasteiger partial charge in [-0.05, 0) is 67.9 Å². The van der Waals surface area contributed by atoms with Gasteiger partial charge in [0.1, 0.15) is 0 Å². The van der Waals surface area contributed by atoms with Crippen LogP contribution in [0, 0.1) is 0 Å². The van der Waals surface area contributed by atoms with Crippen molar-refractivity contribution in [1.82, 2.24) is 24.6 Å². The molecule has 1 aromatic heterocycles. The number of benzene rings is 3. The number of halogens is 4. The van der Waals surface area contributed by atoms with E-state index in [4.69, 9.17) is 11.6 Å². The molecule has 5 rings (SSSR count). The van der Waals surface area contributed by atoms with E-state index in [1.54, 1.807) is 24.0 Å². The molecule has 0 bridgehead atoms. The fourth-order valence-electron chi connectivity index (χ4n) is 4.98. The topological polar surface area (TPSA) is 71.3 Å². The van der Waals surface area contributed by atoms with Gasteiger partial charge in [-0.1, -0.05) is 47.6 Å². The molecule has 0 aliphatic carbocycles. The summed E-state index contributed by atoms with van der Waals surface area (Å²) in [6.45, 7) is 2.71. The Bertz CT molecular complexity index is 1580. The Hall–Kier alpha value is -3.83. The Kier molecular flexibility index (Phi) is 9.41. The third kappa shape index (κ3) is 7.22. The minimum atomic E-state index is -4.53. The SMILES string of the molecule is CC1CN(C(=O)CCCSc2nnc(-c3ccc(Cl)cc3)n2-c2ccccc2)CCN1C(=O)c1cccc(C(F)(F)F)c1. The number of aromatic nitrogens is 3. The van der Waals surface area contributed by atoms with E-state index in [1.165, 1.54) is 28.8 Å². The summed E-state index contributed by atoms with van der Waals surface area (Å²) in [5, 5.41) is 10.2. The van der Waals surface area contributed by atoms with Gasteiger partial charge in [0.25, 0.3) is 5.91 Å². The lowest BCUT2D eigenvalue weighted by atomic mass is 10.1. The highest BCUT2D eigenvalue weighted by molar-refractivity contribution is 7.99. The van der Waals surface area contributed by atoms with Crippen LogP contribution in [-0.2, 0) is 11.0 Å². The van der Waals surface area contributed by atoms with Crippen LogP contribution in [0.15, 0.2) is 84.0 Å². The van der Waals surface area contributed by atoms with Crippen LogP contribution in [0.4, 0.5) is 13.2 Å². The zero-order valence-electron chi connectivity index (χ0n) is 23.3. The van der Waals surface area contributed by atoms with Crippen LogP contribution in [0.25, 0.3) is 17.1 Å². The molecular formula is C31H29ClF3N5O2S. The van der Waals surface area contributed by atoms with Crippen LogP contribution >= 0.6 is 23.4 Å². The number of carbonyl (C=O) groups is 2. The summed E-state index contributed by atoms with van der Waals surface area (Å²) in [6, 6.07) is 21.3. The van der Waals surface area contributed by atoms with E-state index in [0.717, 1.165) is 23.4 Å². The number of piperazine rings is 1. The highest BCUT2D eigenvalue weighted by Crippen LogP contribution is 2.31. The number of carbonyl (C=O) groups excluding carboxylic acids is 2. The molecule has 1 saturated heterocycles. The molecule has 43 heavy (non-hydrogen) atoms. The average molecular weight is 628 g/mol. The summed E-state index contributed by atoms with van der Waals surface area (Å²) < 4.78 is 41.3. The van der Waals surface area contributed by atoms with Gasteiger partial charge in [-0.15, -0.1) is 10.2 Å². The number of nitrogens with zero attached hydrogens (tertiary/aromatic N) is 5. The van der Waals surface area contributed by atoms with E-state index in [-0.39, 0.29) is 24.1 Å². The largest absolute Gasteiger partial charge is 0.416 e. The van der Waals surface area contributed by atoms with Gasteiger partial charge in [0.05, 0.1) is 5.56 Å². The highest BCUT2D eigenvalue weighted by Gasteiger charge is 2.33. The monoisotopic (exact) mass is 627 g/mol. The molecule has 1 atom stereocenters. The third-order valence-electron chi connectivity index (χ3n) is 7.19. The Morgan fingerprint density at radius 1 is 0.977 bits per heavy atom. The second kappa shape index (κ2) is 13.2. The molecule has 12 heteroatoms.